The molecule has 0 radical (unpaired) electrons. The van der Waals surface area contributed by atoms with Crippen molar-refractivity contribution in [3.63, 3.8) is 0 Å². The van der Waals surface area contributed by atoms with E-state index in [9.17, 15) is 22.8 Å². The van der Waals surface area contributed by atoms with Crippen molar-refractivity contribution in [3.8, 4) is 17.1 Å². The van der Waals surface area contributed by atoms with Gasteiger partial charge in [0, 0.05) is 42.8 Å². The van der Waals surface area contributed by atoms with E-state index in [1.165, 1.54) is 11.0 Å². The third-order valence-electron chi connectivity index (χ3n) is 4.69. The summed E-state index contributed by atoms with van der Waals surface area (Å²) >= 11 is 6.75. The average Bonchev–Trinajstić information content (AvgIpc) is 3.33. The van der Waals surface area contributed by atoms with Gasteiger partial charge >= 0.3 is 6.18 Å². The molecule has 0 aliphatic rings. The first-order chi connectivity index (χ1) is 18.1. The van der Waals surface area contributed by atoms with Crippen molar-refractivity contribution < 1.29 is 22.8 Å². The first kappa shape index (κ1) is 28.7. The summed E-state index contributed by atoms with van der Waals surface area (Å²) < 4.78 is 41.7. The van der Waals surface area contributed by atoms with Crippen LogP contribution < -0.4 is 5.32 Å². The number of alkyl halides is 3. The van der Waals surface area contributed by atoms with Crippen LogP contribution in [0.1, 0.15) is 5.56 Å². The summed E-state index contributed by atoms with van der Waals surface area (Å²) in [7, 11) is 3.38. The van der Waals surface area contributed by atoms with Crippen LogP contribution in [-0.4, -0.2) is 56.8 Å². The molecular formula is C25H22ClF3N6O2S. The number of benzene rings is 2. The number of rotatable bonds is 7. The Morgan fingerprint density at radius 3 is 2.34 bits per heavy atom. The molecular weight excluding hydrogens is 541 g/mol. The second-order valence-electron chi connectivity index (χ2n) is 7.81. The zero-order valence-corrected chi connectivity index (χ0v) is 21.8. The number of pyridine rings is 1. The molecule has 2 aromatic carbocycles. The van der Waals surface area contributed by atoms with Crippen LogP contribution in [-0.2, 0) is 15.8 Å². The molecule has 2 amide bonds. The van der Waals surface area contributed by atoms with Crippen molar-refractivity contribution >= 4 is 41.4 Å². The van der Waals surface area contributed by atoms with E-state index in [1.54, 1.807) is 43.2 Å². The smallest absolute Gasteiger partial charge is 0.351 e. The van der Waals surface area contributed by atoms with Crippen LogP contribution in [0.5, 0.6) is 0 Å². The van der Waals surface area contributed by atoms with Crippen LogP contribution in [0.15, 0.2) is 78.2 Å². The number of anilines is 1. The number of aromatic nitrogens is 4. The fourth-order valence-corrected chi connectivity index (χ4v) is 3.96. The van der Waals surface area contributed by atoms with E-state index in [2.05, 4.69) is 20.5 Å². The quantitative estimate of drug-likeness (QED) is 0.238. The van der Waals surface area contributed by atoms with Crippen molar-refractivity contribution in [2.24, 2.45) is 0 Å². The van der Waals surface area contributed by atoms with Gasteiger partial charge in [0.25, 0.3) is 0 Å². The second-order valence-corrected chi connectivity index (χ2v) is 9.19. The molecule has 0 saturated heterocycles. The van der Waals surface area contributed by atoms with Crippen LogP contribution in [0, 0.1) is 0 Å². The number of hydrogen-bond acceptors (Lipinski definition) is 6. The van der Waals surface area contributed by atoms with Gasteiger partial charge in [0.05, 0.1) is 17.0 Å². The van der Waals surface area contributed by atoms with Gasteiger partial charge in [0.15, 0.2) is 11.0 Å². The van der Waals surface area contributed by atoms with Crippen LogP contribution >= 0.6 is 23.4 Å². The molecule has 0 unspecified atom stereocenters. The number of nitrogens with zero attached hydrogens (tertiary/aromatic N) is 5. The largest absolute Gasteiger partial charge is 0.418 e. The lowest BCUT2D eigenvalue weighted by Gasteiger charge is -2.14. The van der Waals surface area contributed by atoms with E-state index in [-0.39, 0.29) is 16.5 Å². The van der Waals surface area contributed by atoms with Crippen molar-refractivity contribution in [3.05, 3.63) is 83.6 Å². The van der Waals surface area contributed by atoms with E-state index in [1.807, 2.05) is 30.3 Å². The Bertz CT molecular complexity index is 1370. The Morgan fingerprint density at radius 2 is 1.74 bits per heavy atom. The molecule has 13 heteroatoms. The number of halogens is 4. The predicted molar refractivity (Wildman–Crippen MR) is 140 cm³/mol. The highest BCUT2D eigenvalue weighted by molar-refractivity contribution is 7.99. The molecule has 0 atom stereocenters. The van der Waals surface area contributed by atoms with Gasteiger partial charge in [-0.1, -0.05) is 41.6 Å². The van der Waals surface area contributed by atoms with Crippen LogP contribution in [0.3, 0.4) is 0 Å². The summed E-state index contributed by atoms with van der Waals surface area (Å²) in [6, 6.07) is 16.0. The lowest BCUT2D eigenvalue weighted by molar-refractivity contribution is -0.137. The third-order valence-corrected chi connectivity index (χ3v) is 5.85. The molecule has 4 rings (SSSR count). The maximum absolute atomic E-state index is 13.3. The van der Waals surface area contributed by atoms with E-state index in [4.69, 9.17) is 11.6 Å². The number of thioether (sulfide) groups is 1. The number of hydrogen-bond donors (Lipinski definition) is 1. The molecule has 1 N–H and O–H groups in total. The van der Waals surface area contributed by atoms with Gasteiger partial charge in [-0.05, 0) is 42.5 Å². The molecule has 0 bridgehead atoms. The fraction of sp³-hybridized carbons (Fsp3) is 0.160. The summed E-state index contributed by atoms with van der Waals surface area (Å²) in [5.41, 5.74) is 0.170. The molecule has 0 spiro atoms. The normalized spacial score (nSPS) is 10.8. The van der Waals surface area contributed by atoms with Gasteiger partial charge in [-0.25, -0.2) is 0 Å². The van der Waals surface area contributed by atoms with Crippen molar-refractivity contribution in [2.75, 3.05) is 25.2 Å². The van der Waals surface area contributed by atoms with Gasteiger partial charge in [-0.3, -0.25) is 19.1 Å². The summed E-state index contributed by atoms with van der Waals surface area (Å²) in [5.74, 6) is -0.259. The van der Waals surface area contributed by atoms with Crippen LogP contribution in [0.25, 0.3) is 17.1 Å². The maximum atomic E-state index is 13.3. The molecule has 0 aliphatic carbocycles. The van der Waals surface area contributed by atoms with Gasteiger partial charge in [-0.2, -0.15) is 13.2 Å². The van der Waals surface area contributed by atoms with Crippen molar-refractivity contribution in [1.82, 2.24) is 24.6 Å². The molecule has 0 aliphatic heterocycles. The van der Waals surface area contributed by atoms with Gasteiger partial charge in [0.1, 0.15) is 0 Å². The number of para-hydroxylation sites is 1. The van der Waals surface area contributed by atoms with E-state index >= 15 is 0 Å². The van der Waals surface area contributed by atoms with Crippen LogP contribution in [0.2, 0.25) is 5.02 Å². The highest BCUT2D eigenvalue weighted by Crippen LogP contribution is 2.36. The number of carbonyl (C=O) groups excluding carboxylic acids is 2. The Balaban J connectivity index is 0.000000732. The summed E-state index contributed by atoms with van der Waals surface area (Å²) in [5, 5.41) is 11.1. The maximum Gasteiger partial charge on any atom is 0.418 e. The average molecular weight is 563 g/mol. The highest BCUT2D eigenvalue weighted by atomic mass is 35.5. The van der Waals surface area contributed by atoms with E-state index in [0.29, 0.717) is 11.0 Å². The van der Waals surface area contributed by atoms with Gasteiger partial charge in [-0.15, -0.1) is 10.2 Å². The Morgan fingerprint density at radius 1 is 1.08 bits per heavy atom. The van der Waals surface area contributed by atoms with E-state index in [0.717, 1.165) is 41.6 Å². The molecule has 8 nitrogen and oxygen atoms in total. The topological polar surface area (TPSA) is 93.0 Å². The lowest BCUT2D eigenvalue weighted by Crippen LogP contribution is -2.18. The summed E-state index contributed by atoms with van der Waals surface area (Å²) in [6.07, 6.45) is -0.651. The van der Waals surface area contributed by atoms with Crippen LogP contribution in [0.4, 0.5) is 18.9 Å². The highest BCUT2D eigenvalue weighted by Gasteiger charge is 2.34. The first-order valence-electron chi connectivity index (χ1n) is 10.9. The molecule has 2 aromatic heterocycles. The molecule has 0 saturated carbocycles. The molecule has 198 valence electrons. The Labute approximate surface area is 225 Å². The monoisotopic (exact) mass is 562 g/mol. The standard InChI is InChI=1S/C22H15ClF3N5OS.C3H7NO/c23-15-6-7-18(17(12-15)22(24,25)26)28-19(32)13-33-21-30-29-20(14-8-10-27-11-9-14)31(21)16-4-2-1-3-5-16;1-4(2)3-5/h1-12H,13H2,(H,28,32);3H,1-2H3. The van der Waals surface area contributed by atoms with Crippen molar-refractivity contribution in [1.29, 1.82) is 0 Å². The first-order valence-corrected chi connectivity index (χ1v) is 12.3. The number of carbonyl (C=O) groups is 2. The molecule has 4 aromatic rings. The number of amides is 2. The second kappa shape index (κ2) is 13.1. The minimum absolute atomic E-state index is 0.0747. The zero-order valence-electron chi connectivity index (χ0n) is 20.2. The molecule has 0 fully saturated rings. The minimum Gasteiger partial charge on any atom is -0.351 e. The number of nitrogens with one attached hydrogen (secondary N) is 1. The Kier molecular flexibility index (Phi) is 9.85. The fourth-order valence-electron chi connectivity index (χ4n) is 3.04. The van der Waals surface area contributed by atoms with Crippen molar-refractivity contribution in [2.45, 2.75) is 11.3 Å². The Hall–Kier alpha value is -3.90. The predicted octanol–water partition coefficient (Wildman–Crippen LogP) is 5.44. The van der Waals surface area contributed by atoms with E-state index < -0.39 is 17.6 Å². The summed E-state index contributed by atoms with van der Waals surface area (Å²) in [4.78, 5) is 27.4. The molecule has 2 heterocycles. The lowest BCUT2D eigenvalue weighted by atomic mass is 10.1. The van der Waals surface area contributed by atoms with Gasteiger partial charge in [0.2, 0.25) is 12.3 Å². The molecule has 38 heavy (non-hydrogen) atoms. The minimum atomic E-state index is -4.66. The summed E-state index contributed by atoms with van der Waals surface area (Å²) in [6.45, 7) is 0. The zero-order chi connectivity index (χ0) is 27.7. The SMILES string of the molecule is CN(C)C=O.O=C(CSc1nnc(-c2ccncc2)n1-c1ccccc1)Nc1ccc(Cl)cc1C(F)(F)F. The third kappa shape index (κ3) is 7.80. The van der Waals surface area contributed by atoms with Gasteiger partial charge < -0.3 is 10.2 Å².